The molecular formula is C41H38IrN2SSi-2. The van der Waals surface area contributed by atoms with Crippen molar-refractivity contribution in [1.29, 1.82) is 0 Å². The molecule has 233 valence electrons. The zero-order valence-corrected chi connectivity index (χ0v) is 31.0. The minimum absolute atomic E-state index is 0. The molecule has 0 saturated heterocycles. The number of hydrogen-bond donors (Lipinski definition) is 0. The van der Waals surface area contributed by atoms with Gasteiger partial charge in [0.15, 0.2) is 0 Å². The smallest absolute Gasteiger partial charge is 0.0795 e. The molecule has 4 aromatic carbocycles. The van der Waals surface area contributed by atoms with Crippen molar-refractivity contribution in [3.63, 3.8) is 0 Å². The topological polar surface area (TPSA) is 25.8 Å². The first-order valence-corrected chi connectivity index (χ1v) is 20.2. The van der Waals surface area contributed by atoms with E-state index in [1.54, 1.807) is 0 Å². The minimum atomic E-state index is -1.23. The van der Waals surface area contributed by atoms with Gasteiger partial charge in [0.2, 0.25) is 0 Å². The van der Waals surface area contributed by atoms with Crippen LogP contribution in [0.3, 0.4) is 0 Å². The summed E-state index contributed by atoms with van der Waals surface area (Å²) in [5.74, 6) is -0.459. The summed E-state index contributed by atoms with van der Waals surface area (Å²) in [5.41, 5.74) is 6.46. The van der Waals surface area contributed by atoms with Crippen molar-refractivity contribution in [3.8, 4) is 22.5 Å². The monoisotopic (exact) mass is 812 g/mol. The van der Waals surface area contributed by atoms with Crippen LogP contribution in [0.2, 0.25) is 19.6 Å². The summed E-state index contributed by atoms with van der Waals surface area (Å²) in [6.45, 7) is 9.19. The number of aryl methyl sites for hydroxylation is 1. The van der Waals surface area contributed by atoms with Gasteiger partial charge in [-0.05, 0) is 74.7 Å². The number of hydrogen-bond acceptors (Lipinski definition) is 3. The third-order valence-corrected chi connectivity index (χ3v) is 12.2. The van der Waals surface area contributed by atoms with Gasteiger partial charge in [-0.25, -0.2) is 0 Å². The van der Waals surface area contributed by atoms with Gasteiger partial charge in [0, 0.05) is 38.6 Å². The van der Waals surface area contributed by atoms with Gasteiger partial charge in [-0.15, -0.1) is 59.7 Å². The number of rotatable bonds is 4. The van der Waals surface area contributed by atoms with Crippen LogP contribution in [0.15, 0.2) is 103 Å². The molecule has 0 atom stereocenters. The fourth-order valence-corrected chi connectivity index (χ4v) is 8.72. The van der Waals surface area contributed by atoms with Crippen LogP contribution in [0.4, 0.5) is 0 Å². The summed E-state index contributed by atoms with van der Waals surface area (Å²) >= 11 is 1.84. The van der Waals surface area contributed by atoms with Gasteiger partial charge in [-0.2, -0.15) is 11.3 Å². The maximum Gasteiger partial charge on any atom is 0.0795 e. The van der Waals surface area contributed by atoms with Gasteiger partial charge in [-0.3, -0.25) is 0 Å². The second-order valence-electron chi connectivity index (χ2n) is 13.0. The Bertz CT molecular complexity index is 2170. The van der Waals surface area contributed by atoms with E-state index < -0.39 is 14.0 Å². The summed E-state index contributed by atoms with van der Waals surface area (Å²) < 4.78 is 11.5. The SMILES string of the molecule is C[Si](C)(C)c1ccc(-c2[c-]cccc2)nc1.[2H]C1(c2ccnc(-c3[c-]ccc4c3sc3c5ccccc5c(C)cc43)c2)CCCC1.[Ir]. The van der Waals surface area contributed by atoms with Crippen LogP contribution in [-0.2, 0) is 20.1 Å². The van der Waals surface area contributed by atoms with Crippen LogP contribution in [0.1, 0.15) is 44.1 Å². The average Bonchev–Trinajstić information content (AvgIpc) is 3.70. The molecule has 0 amide bonds. The summed E-state index contributed by atoms with van der Waals surface area (Å²) in [6, 6.07) is 38.3. The van der Waals surface area contributed by atoms with E-state index >= 15 is 0 Å². The summed E-state index contributed by atoms with van der Waals surface area (Å²) in [4.78, 5) is 9.22. The molecule has 3 aromatic heterocycles. The van der Waals surface area contributed by atoms with Gasteiger partial charge < -0.3 is 9.97 Å². The Morgan fingerprint density at radius 1 is 0.761 bits per heavy atom. The van der Waals surface area contributed by atoms with E-state index in [0.717, 1.165) is 53.8 Å². The molecule has 1 aliphatic rings. The standard InChI is InChI=1S/C27H22NS.C14H16NSi.Ir/c1-17-15-24-22-11-6-12-23(25-16-19(13-14-28-25)18-7-2-3-8-18)26(22)29-27(24)21-10-5-4-9-20(17)21;1-16(2,3)13-9-10-14(15-11-13)12-7-5-4-6-8-12;/h4-6,9-11,13-16,18H,2-3,7-8H2,1H3;4-7,9-11H,1-3H3;/q2*-1;/i18D;;. The first-order chi connectivity index (χ1) is 22.2. The number of pyridine rings is 2. The number of fused-ring (bicyclic) bond motifs is 5. The normalized spacial score (nSPS) is 14.5. The predicted molar refractivity (Wildman–Crippen MR) is 196 cm³/mol. The van der Waals surface area contributed by atoms with E-state index in [4.69, 9.17) is 6.35 Å². The summed E-state index contributed by atoms with van der Waals surface area (Å²) in [6.07, 6.45) is 8.06. The molecule has 0 unspecified atom stereocenters. The molecule has 1 saturated carbocycles. The van der Waals surface area contributed by atoms with E-state index in [1.165, 1.54) is 41.7 Å². The van der Waals surface area contributed by atoms with E-state index in [0.29, 0.717) is 0 Å². The summed E-state index contributed by atoms with van der Waals surface area (Å²) in [7, 11) is -1.23. The summed E-state index contributed by atoms with van der Waals surface area (Å²) in [5, 5.41) is 6.61. The molecule has 0 spiro atoms. The second-order valence-corrected chi connectivity index (χ2v) is 19.1. The molecule has 0 aliphatic heterocycles. The third-order valence-electron chi connectivity index (χ3n) is 8.89. The average molecular weight is 812 g/mol. The Labute approximate surface area is 292 Å². The maximum absolute atomic E-state index is 8.91. The Morgan fingerprint density at radius 3 is 2.24 bits per heavy atom. The van der Waals surface area contributed by atoms with E-state index in [9.17, 15) is 0 Å². The van der Waals surface area contributed by atoms with Crippen molar-refractivity contribution in [2.24, 2.45) is 0 Å². The van der Waals surface area contributed by atoms with Crippen molar-refractivity contribution in [2.75, 3.05) is 0 Å². The molecular weight excluding hydrogens is 773 g/mol. The fraction of sp³-hybridized carbons (Fsp3) is 0.220. The Hall–Kier alpha value is -3.47. The first-order valence-electron chi connectivity index (χ1n) is 16.4. The largest absolute Gasteiger partial charge is 0.305 e. The third kappa shape index (κ3) is 6.52. The first kappa shape index (κ1) is 31.1. The van der Waals surface area contributed by atoms with Crippen molar-refractivity contribution in [2.45, 2.75) is 58.1 Å². The number of benzene rings is 4. The molecule has 1 aliphatic carbocycles. The molecule has 2 nitrogen and oxygen atoms in total. The molecule has 8 rings (SSSR count). The van der Waals surface area contributed by atoms with Crippen LogP contribution >= 0.6 is 11.3 Å². The molecule has 1 fully saturated rings. The maximum atomic E-state index is 8.91. The predicted octanol–water partition coefficient (Wildman–Crippen LogP) is 11.1. The van der Waals surface area contributed by atoms with E-state index in [2.05, 4.69) is 98.3 Å². The van der Waals surface area contributed by atoms with Crippen molar-refractivity contribution < 1.29 is 21.5 Å². The molecule has 3 heterocycles. The van der Waals surface area contributed by atoms with Crippen LogP contribution in [0, 0.1) is 19.1 Å². The van der Waals surface area contributed by atoms with E-state index in [1.807, 2.05) is 60.1 Å². The van der Waals surface area contributed by atoms with Gasteiger partial charge in [0.25, 0.3) is 0 Å². The zero-order chi connectivity index (χ0) is 31.9. The Morgan fingerprint density at radius 2 is 1.52 bits per heavy atom. The number of aromatic nitrogens is 2. The number of thiophene rings is 1. The molecule has 1 radical (unpaired) electrons. The van der Waals surface area contributed by atoms with Crippen LogP contribution < -0.4 is 5.19 Å². The molecule has 46 heavy (non-hydrogen) atoms. The number of nitrogens with zero attached hydrogens (tertiary/aromatic N) is 2. The molecule has 0 bridgehead atoms. The van der Waals surface area contributed by atoms with Gasteiger partial charge in [0.05, 0.1) is 8.07 Å². The Balaban J connectivity index is 0.000000194. The minimum Gasteiger partial charge on any atom is -0.305 e. The quantitative estimate of drug-likeness (QED) is 0.131. The molecule has 5 heteroatoms. The van der Waals surface area contributed by atoms with Gasteiger partial charge in [-0.1, -0.05) is 92.0 Å². The van der Waals surface area contributed by atoms with Crippen LogP contribution in [-0.4, -0.2) is 18.0 Å². The fourth-order valence-electron chi connectivity index (χ4n) is 6.36. The van der Waals surface area contributed by atoms with Gasteiger partial charge in [0.1, 0.15) is 0 Å². The van der Waals surface area contributed by atoms with Crippen molar-refractivity contribution >= 4 is 55.5 Å². The Kier molecular flexibility index (Phi) is 9.28. The molecule has 0 N–H and O–H groups in total. The second kappa shape index (κ2) is 13.7. The van der Waals surface area contributed by atoms with E-state index in [-0.39, 0.29) is 20.1 Å². The van der Waals surface area contributed by atoms with Crippen LogP contribution in [0.5, 0.6) is 0 Å². The molecule has 7 aromatic rings. The van der Waals surface area contributed by atoms with Crippen molar-refractivity contribution in [1.82, 2.24) is 9.97 Å². The zero-order valence-electron chi connectivity index (χ0n) is 27.8. The van der Waals surface area contributed by atoms with Crippen LogP contribution in [0.25, 0.3) is 53.5 Å². The van der Waals surface area contributed by atoms with Crippen molar-refractivity contribution in [3.05, 3.63) is 127 Å². The van der Waals surface area contributed by atoms with Gasteiger partial charge >= 0.3 is 0 Å².